The number of halogens is 2. The number of carbonyl (C=O) groups is 1. The molecule has 0 aliphatic heterocycles. The van der Waals surface area contributed by atoms with Crippen molar-refractivity contribution in [1.29, 1.82) is 0 Å². The molecule has 2 rings (SSSR count). The molecule has 0 aliphatic rings. The van der Waals surface area contributed by atoms with Gasteiger partial charge in [-0.05, 0) is 51.3 Å². The van der Waals surface area contributed by atoms with Gasteiger partial charge in [0.1, 0.15) is 5.69 Å². The average Bonchev–Trinajstić information content (AvgIpc) is 3.03. The smallest absolute Gasteiger partial charge is 0.271 e. The second-order valence-corrected chi connectivity index (χ2v) is 6.49. The summed E-state index contributed by atoms with van der Waals surface area (Å²) >= 11 is 7.04. The van der Waals surface area contributed by atoms with Crippen molar-refractivity contribution in [3.05, 3.63) is 20.7 Å². The molecular formula is C15H18Br2N4O3. The van der Waals surface area contributed by atoms with E-state index in [4.69, 9.17) is 15.2 Å². The normalized spacial score (nSPS) is 10.7. The van der Waals surface area contributed by atoms with Crippen LogP contribution in [-0.4, -0.2) is 34.5 Å². The minimum absolute atomic E-state index is 0.0599. The molecule has 1 aromatic carbocycles. The summed E-state index contributed by atoms with van der Waals surface area (Å²) in [5.74, 6) is 0.491. The van der Waals surface area contributed by atoms with Gasteiger partial charge in [0, 0.05) is 10.0 Å². The number of hydrogen-bond donors (Lipinski definition) is 2. The molecule has 0 saturated carbocycles. The largest absolute Gasteiger partial charge is 0.490 e. The van der Waals surface area contributed by atoms with Crippen LogP contribution in [0.4, 0.5) is 0 Å². The number of nitrogens with one attached hydrogen (secondary N) is 1. The van der Waals surface area contributed by atoms with E-state index in [9.17, 15) is 4.79 Å². The molecule has 1 aromatic heterocycles. The van der Waals surface area contributed by atoms with Crippen molar-refractivity contribution in [2.75, 3.05) is 13.2 Å². The molecule has 130 valence electrons. The molecular weight excluding hydrogens is 444 g/mol. The van der Waals surface area contributed by atoms with E-state index < -0.39 is 5.91 Å². The van der Waals surface area contributed by atoms with Gasteiger partial charge in [0.25, 0.3) is 5.91 Å². The van der Waals surface area contributed by atoms with E-state index in [2.05, 4.69) is 54.2 Å². The highest BCUT2D eigenvalue weighted by molar-refractivity contribution is 9.13. The SMILES string of the molecule is CCCCOc1c(OCC)cc(-c2n[nH]nc2C(N)=O)c(Br)c1Br. The Labute approximate surface area is 156 Å². The zero-order valence-corrected chi connectivity index (χ0v) is 16.5. The van der Waals surface area contributed by atoms with E-state index in [0.717, 1.165) is 12.8 Å². The lowest BCUT2D eigenvalue weighted by Crippen LogP contribution is -2.13. The maximum absolute atomic E-state index is 11.5. The van der Waals surface area contributed by atoms with Crippen LogP contribution in [0.25, 0.3) is 11.3 Å². The van der Waals surface area contributed by atoms with Gasteiger partial charge < -0.3 is 15.2 Å². The van der Waals surface area contributed by atoms with Crippen molar-refractivity contribution < 1.29 is 14.3 Å². The number of rotatable bonds is 8. The van der Waals surface area contributed by atoms with Crippen molar-refractivity contribution in [2.45, 2.75) is 26.7 Å². The van der Waals surface area contributed by atoms with Crippen LogP contribution in [-0.2, 0) is 0 Å². The fraction of sp³-hybridized carbons (Fsp3) is 0.400. The Bertz CT molecular complexity index is 734. The third kappa shape index (κ3) is 3.89. The van der Waals surface area contributed by atoms with Crippen LogP contribution in [0, 0.1) is 0 Å². The first kappa shape index (κ1) is 18.7. The lowest BCUT2D eigenvalue weighted by atomic mass is 10.1. The molecule has 0 fully saturated rings. The van der Waals surface area contributed by atoms with Gasteiger partial charge >= 0.3 is 0 Å². The number of nitrogens with two attached hydrogens (primary N) is 1. The Hall–Kier alpha value is -1.61. The number of primary amides is 1. The first-order chi connectivity index (χ1) is 11.5. The highest BCUT2D eigenvalue weighted by Gasteiger charge is 2.23. The van der Waals surface area contributed by atoms with Crippen LogP contribution in [0.15, 0.2) is 15.0 Å². The molecule has 9 heteroatoms. The molecule has 0 atom stereocenters. The number of nitrogens with zero attached hydrogens (tertiary/aromatic N) is 2. The van der Waals surface area contributed by atoms with Crippen molar-refractivity contribution in [3.8, 4) is 22.8 Å². The van der Waals surface area contributed by atoms with E-state index >= 15 is 0 Å². The number of unbranched alkanes of at least 4 members (excludes halogenated alkanes) is 1. The molecule has 0 spiro atoms. The third-order valence-electron chi connectivity index (χ3n) is 3.21. The summed E-state index contributed by atoms with van der Waals surface area (Å²) in [6.45, 7) is 5.03. The van der Waals surface area contributed by atoms with Crippen LogP contribution in [0.2, 0.25) is 0 Å². The quantitative estimate of drug-likeness (QED) is 0.583. The van der Waals surface area contributed by atoms with E-state index in [0.29, 0.717) is 44.9 Å². The maximum atomic E-state index is 11.5. The van der Waals surface area contributed by atoms with E-state index in [1.54, 1.807) is 6.07 Å². The second kappa shape index (κ2) is 8.48. The topological polar surface area (TPSA) is 103 Å². The Morgan fingerprint density at radius 2 is 2.00 bits per heavy atom. The van der Waals surface area contributed by atoms with Gasteiger partial charge in [-0.2, -0.15) is 15.4 Å². The van der Waals surface area contributed by atoms with Gasteiger partial charge in [-0.25, -0.2) is 0 Å². The predicted molar refractivity (Wildman–Crippen MR) is 97.3 cm³/mol. The maximum Gasteiger partial charge on any atom is 0.271 e. The number of benzene rings is 1. The molecule has 1 heterocycles. The van der Waals surface area contributed by atoms with E-state index in [1.807, 2.05) is 6.92 Å². The fourth-order valence-corrected chi connectivity index (χ4v) is 3.07. The van der Waals surface area contributed by atoms with Crippen molar-refractivity contribution in [3.63, 3.8) is 0 Å². The molecule has 7 nitrogen and oxygen atoms in total. The minimum atomic E-state index is -0.664. The summed E-state index contributed by atoms with van der Waals surface area (Å²) in [5, 5.41) is 10.3. The summed E-state index contributed by atoms with van der Waals surface area (Å²) in [6, 6.07) is 1.75. The first-order valence-electron chi connectivity index (χ1n) is 7.49. The Morgan fingerprint density at radius 1 is 1.25 bits per heavy atom. The Morgan fingerprint density at radius 3 is 2.62 bits per heavy atom. The van der Waals surface area contributed by atoms with E-state index in [1.165, 1.54) is 0 Å². The second-order valence-electron chi connectivity index (χ2n) is 4.90. The van der Waals surface area contributed by atoms with Gasteiger partial charge in [0.2, 0.25) is 0 Å². The number of aromatic nitrogens is 3. The number of amides is 1. The molecule has 0 aliphatic carbocycles. The van der Waals surface area contributed by atoms with Gasteiger partial charge in [-0.1, -0.05) is 13.3 Å². The zero-order chi connectivity index (χ0) is 17.7. The van der Waals surface area contributed by atoms with Crippen LogP contribution in [0.3, 0.4) is 0 Å². The van der Waals surface area contributed by atoms with Gasteiger partial charge in [-0.3, -0.25) is 4.79 Å². The first-order valence-corrected chi connectivity index (χ1v) is 9.08. The molecule has 2 aromatic rings. The molecule has 24 heavy (non-hydrogen) atoms. The summed E-state index contributed by atoms with van der Waals surface area (Å²) in [6.07, 6.45) is 1.97. The van der Waals surface area contributed by atoms with Gasteiger partial charge in [0.15, 0.2) is 17.2 Å². The lowest BCUT2D eigenvalue weighted by molar-refractivity contribution is 0.0996. The predicted octanol–water partition coefficient (Wildman–Crippen LogP) is 3.67. The molecule has 0 unspecified atom stereocenters. The van der Waals surface area contributed by atoms with Crippen LogP contribution in [0.5, 0.6) is 11.5 Å². The monoisotopic (exact) mass is 460 g/mol. The lowest BCUT2D eigenvalue weighted by Gasteiger charge is -2.17. The van der Waals surface area contributed by atoms with Crippen LogP contribution < -0.4 is 15.2 Å². The summed E-state index contributed by atoms with van der Waals surface area (Å²) < 4.78 is 12.9. The van der Waals surface area contributed by atoms with Gasteiger partial charge in [-0.15, -0.1) is 0 Å². The summed E-state index contributed by atoms with van der Waals surface area (Å²) in [5.41, 5.74) is 6.37. The molecule has 3 N–H and O–H groups in total. The zero-order valence-electron chi connectivity index (χ0n) is 13.4. The highest BCUT2D eigenvalue weighted by Crippen LogP contribution is 2.46. The third-order valence-corrected chi connectivity index (χ3v) is 5.32. The molecule has 1 amide bonds. The van der Waals surface area contributed by atoms with Crippen molar-refractivity contribution in [1.82, 2.24) is 15.4 Å². The standard InChI is InChI=1S/C15H18Br2N4O3/c1-3-5-6-24-14-9(23-4-2)7-8(10(16)11(14)17)12-13(15(18)22)20-21-19-12/h7H,3-6H2,1-2H3,(H2,18,22)(H,19,20,21). The number of aromatic amines is 1. The summed E-state index contributed by atoms with van der Waals surface area (Å²) in [7, 11) is 0. The molecule has 0 radical (unpaired) electrons. The Kier molecular flexibility index (Phi) is 6.61. The number of carbonyl (C=O) groups excluding carboxylic acids is 1. The summed E-state index contributed by atoms with van der Waals surface area (Å²) in [4.78, 5) is 11.5. The fourth-order valence-electron chi connectivity index (χ4n) is 2.06. The number of ether oxygens (including phenoxy) is 2. The Balaban J connectivity index is 2.54. The minimum Gasteiger partial charge on any atom is -0.490 e. The van der Waals surface area contributed by atoms with Crippen LogP contribution in [0.1, 0.15) is 37.2 Å². The average molecular weight is 462 g/mol. The van der Waals surface area contributed by atoms with Crippen LogP contribution >= 0.6 is 31.9 Å². The van der Waals surface area contributed by atoms with Gasteiger partial charge in [0.05, 0.1) is 17.7 Å². The number of H-pyrrole nitrogens is 1. The molecule has 0 saturated heterocycles. The van der Waals surface area contributed by atoms with E-state index in [-0.39, 0.29) is 5.69 Å². The highest BCUT2D eigenvalue weighted by atomic mass is 79.9. The van der Waals surface area contributed by atoms with Crippen molar-refractivity contribution in [2.24, 2.45) is 5.73 Å². The van der Waals surface area contributed by atoms with Crippen molar-refractivity contribution >= 4 is 37.8 Å². The number of hydrogen-bond acceptors (Lipinski definition) is 5. The molecule has 0 bridgehead atoms.